The molecule has 2 rings (SSSR count). The molecule has 1 aliphatic rings. The van der Waals surface area contributed by atoms with Gasteiger partial charge in [-0.2, -0.15) is 11.8 Å². The standard InChI is InChI=1S/C14H20FN3OS/c1-2-5-16-13-12(15)11(3-6-17-13)14(19)18-8-10-4-7-20-9-10/h3,6,10H,2,4-5,7-9H2,1H3,(H,16,17)(H,18,19). The van der Waals surface area contributed by atoms with Crippen LogP contribution in [0.2, 0.25) is 0 Å². The highest BCUT2D eigenvalue weighted by Crippen LogP contribution is 2.22. The van der Waals surface area contributed by atoms with Crippen LogP contribution < -0.4 is 10.6 Å². The highest BCUT2D eigenvalue weighted by atomic mass is 32.2. The van der Waals surface area contributed by atoms with Crippen LogP contribution >= 0.6 is 11.8 Å². The van der Waals surface area contributed by atoms with Crippen molar-refractivity contribution in [2.45, 2.75) is 19.8 Å². The molecule has 0 saturated carbocycles. The number of nitrogens with zero attached hydrogens (tertiary/aromatic N) is 1. The van der Waals surface area contributed by atoms with Crippen LogP contribution in [0.5, 0.6) is 0 Å². The van der Waals surface area contributed by atoms with E-state index in [9.17, 15) is 9.18 Å². The summed E-state index contributed by atoms with van der Waals surface area (Å²) < 4.78 is 14.2. The molecule has 0 bridgehead atoms. The van der Waals surface area contributed by atoms with Gasteiger partial charge in [0.25, 0.3) is 5.91 Å². The van der Waals surface area contributed by atoms with Crippen LogP contribution in [0.25, 0.3) is 0 Å². The summed E-state index contributed by atoms with van der Waals surface area (Å²) in [7, 11) is 0. The van der Waals surface area contributed by atoms with E-state index in [1.807, 2.05) is 18.7 Å². The Kier molecular flexibility index (Phi) is 5.64. The van der Waals surface area contributed by atoms with Crippen LogP contribution in [-0.2, 0) is 0 Å². The maximum Gasteiger partial charge on any atom is 0.254 e. The number of hydrogen-bond donors (Lipinski definition) is 2. The molecule has 1 aliphatic heterocycles. The molecule has 0 spiro atoms. The van der Waals surface area contributed by atoms with E-state index in [1.165, 1.54) is 12.3 Å². The average Bonchev–Trinajstić information content (AvgIpc) is 2.97. The third kappa shape index (κ3) is 3.85. The van der Waals surface area contributed by atoms with E-state index in [0.29, 0.717) is 19.0 Å². The molecule has 2 heterocycles. The van der Waals surface area contributed by atoms with Crippen LogP contribution in [0.3, 0.4) is 0 Å². The molecule has 2 N–H and O–H groups in total. The Morgan fingerprint density at radius 1 is 1.60 bits per heavy atom. The zero-order chi connectivity index (χ0) is 14.4. The number of anilines is 1. The van der Waals surface area contributed by atoms with Crippen molar-refractivity contribution in [1.82, 2.24) is 10.3 Å². The molecule has 0 aliphatic carbocycles. The largest absolute Gasteiger partial charge is 0.368 e. The van der Waals surface area contributed by atoms with Crippen molar-refractivity contribution in [3.63, 3.8) is 0 Å². The SMILES string of the molecule is CCCNc1nccc(C(=O)NCC2CCSC2)c1F. The van der Waals surface area contributed by atoms with Crippen LogP contribution in [-0.4, -0.2) is 35.5 Å². The lowest BCUT2D eigenvalue weighted by atomic mass is 10.1. The number of aromatic nitrogens is 1. The quantitative estimate of drug-likeness (QED) is 0.847. The number of carbonyl (C=O) groups is 1. The molecule has 1 aromatic heterocycles. The molecule has 20 heavy (non-hydrogen) atoms. The fraction of sp³-hybridized carbons (Fsp3) is 0.571. The summed E-state index contributed by atoms with van der Waals surface area (Å²) in [6.45, 7) is 3.24. The first-order valence-corrected chi connectivity index (χ1v) is 8.12. The number of hydrogen-bond acceptors (Lipinski definition) is 4. The molecule has 1 saturated heterocycles. The highest BCUT2D eigenvalue weighted by molar-refractivity contribution is 7.99. The molecular weight excluding hydrogens is 277 g/mol. The third-order valence-electron chi connectivity index (χ3n) is 3.25. The lowest BCUT2D eigenvalue weighted by Gasteiger charge is -2.12. The van der Waals surface area contributed by atoms with Crippen LogP contribution in [0.15, 0.2) is 12.3 Å². The smallest absolute Gasteiger partial charge is 0.254 e. The summed E-state index contributed by atoms with van der Waals surface area (Å²) in [5, 5.41) is 5.70. The van der Waals surface area contributed by atoms with Gasteiger partial charge >= 0.3 is 0 Å². The van der Waals surface area contributed by atoms with E-state index in [0.717, 1.165) is 24.3 Å². The van der Waals surface area contributed by atoms with Crippen molar-refractivity contribution >= 4 is 23.5 Å². The fourth-order valence-electron chi connectivity index (χ4n) is 2.06. The van der Waals surface area contributed by atoms with E-state index in [-0.39, 0.29) is 17.3 Å². The number of nitrogens with one attached hydrogen (secondary N) is 2. The minimum Gasteiger partial charge on any atom is -0.368 e. The van der Waals surface area contributed by atoms with Crippen LogP contribution in [0, 0.1) is 11.7 Å². The molecule has 0 aromatic carbocycles. The number of pyridine rings is 1. The maximum absolute atomic E-state index is 14.2. The molecular formula is C14H20FN3OS. The topological polar surface area (TPSA) is 54.0 Å². The Labute approximate surface area is 122 Å². The highest BCUT2D eigenvalue weighted by Gasteiger charge is 2.19. The van der Waals surface area contributed by atoms with Crippen molar-refractivity contribution < 1.29 is 9.18 Å². The molecule has 1 unspecified atom stereocenters. The number of amides is 1. The van der Waals surface area contributed by atoms with Gasteiger partial charge in [-0.05, 0) is 36.3 Å². The van der Waals surface area contributed by atoms with Crippen molar-refractivity contribution in [1.29, 1.82) is 0 Å². The van der Waals surface area contributed by atoms with Gasteiger partial charge in [-0.1, -0.05) is 6.92 Å². The molecule has 1 amide bonds. The average molecular weight is 297 g/mol. The summed E-state index contributed by atoms with van der Waals surface area (Å²) in [6, 6.07) is 1.42. The fourth-order valence-corrected chi connectivity index (χ4v) is 3.35. The van der Waals surface area contributed by atoms with E-state index in [2.05, 4.69) is 15.6 Å². The predicted octanol–water partition coefficient (Wildman–Crippen LogP) is 2.53. The first-order valence-electron chi connectivity index (χ1n) is 6.96. The van der Waals surface area contributed by atoms with Gasteiger partial charge in [0, 0.05) is 19.3 Å². The molecule has 1 aromatic rings. The number of thioether (sulfide) groups is 1. The van der Waals surface area contributed by atoms with Crippen molar-refractivity contribution in [2.75, 3.05) is 29.9 Å². The van der Waals surface area contributed by atoms with Crippen molar-refractivity contribution in [3.8, 4) is 0 Å². The minimum atomic E-state index is -0.570. The Hall–Kier alpha value is -1.30. The normalized spacial score (nSPS) is 18.0. The zero-order valence-corrected chi connectivity index (χ0v) is 12.4. The van der Waals surface area contributed by atoms with E-state index < -0.39 is 5.82 Å². The van der Waals surface area contributed by atoms with Gasteiger partial charge in [0.2, 0.25) is 0 Å². The molecule has 1 fully saturated rings. The first-order chi connectivity index (χ1) is 9.72. The summed E-state index contributed by atoms with van der Waals surface area (Å²) >= 11 is 1.90. The van der Waals surface area contributed by atoms with Gasteiger partial charge in [-0.25, -0.2) is 9.37 Å². The monoisotopic (exact) mass is 297 g/mol. The Bertz CT molecular complexity index is 464. The summed E-state index contributed by atoms with van der Waals surface area (Å²) in [4.78, 5) is 16.0. The molecule has 110 valence electrons. The van der Waals surface area contributed by atoms with E-state index in [4.69, 9.17) is 0 Å². The van der Waals surface area contributed by atoms with Crippen molar-refractivity contribution in [2.24, 2.45) is 5.92 Å². The second-order valence-corrected chi connectivity index (χ2v) is 6.04. The van der Waals surface area contributed by atoms with Crippen LogP contribution in [0.4, 0.5) is 10.2 Å². The van der Waals surface area contributed by atoms with E-state index in [1.54, 1.807) is 0 Å². The maximum atomic E-state index is 14.2. The van der Waals surface area contributed by atoms with E-state index >= 15 is 0 Å². The van der Waals surface area contributed by atoms with Gasteiger partial charge < -0.3 is 10.6 Å². The third-order valence-corrected chi connectivity index (χ3v) is 4.48. The number of rotatable bonds is 6. The molecule has 4 nitrogen and oxygen atoms in total. The van der Waals surface area contributed by atoms with Crippen LogP contribution in [0.1, 0.15) is 30.1 Å². The number of halogens is 1. The van der Waals surface area contributed by atoms with Gasteiger partial charge in [0.05, 0.1) is 5.56 Å². The van der Waals surface area contributed by atoms with Gasteiger partial charge in [-0.3, -0.25) is 4.79 Å². The Morgan fingerprint density at radius 2 is 2.45 bits per heavy atom. The predicted molar refractivity (Wildman–Crippen MR) is 80.7 cm³/mol. The second kappa shape index (κ2) is 7.47. The summed E-state index contributed by atoms with van der Waals surface area (Å²) in [6.07, 6.45) is 3.45. The lowest BCUT2D eigenvalue weighted by molar-refractivity contribution is 0.0944. The number of carbonyl (C=O) groups excluding carboxylic acids is 1. The first kappa shape index (κ1) is 15.1. The van der Waals surface area contributed by atoms with Gasteiger partial charge in [0.1, 0.15) is 0 Å². The Morgan fingerprint density at radius 3 is 3.15 bits per heavy atom. The Balaban J connectivity index is 1.97. The second-order valence-electron chi connectivity index (χ2n) is 4.89. The summed E-state index contributed by atoms with van der Waals surface area (Å²) in [5.41, 5.74) is 0.0595. The molecule has 6 heteroatoms. The van der Waals surface area contributed by atoms with Gasteiger partial charge in [-0.15, -0.1) is 0 Å². The van der Waals surface area contributed by atoms with Gasteiger partial charge in [0.15, 0.2) is 11.6 Å². The van der Waals surface area contributed by atoms with Crippen molar-refractivity contribution in [3.05, 3.63) is 23.6 Å². The molecule has 0 radical (unpaired) electrons. The summed E-state index contributed by atoms with van der Waals surface area (Å²) in [5.74, 6) is 1.94. The molecule has 1 atom stereocenters. The lowest BCUT2D eigenvalue weighted by Crippen LogP contribution is -2.30. The minimum absolute atomic E-state index is 0.0595. The zero-order valence-electron chi connectivity index (χ0n) is 11.6.